The monoisotopic (exact) mass is 320 g/mol. The van der Waals surface area contributed by atoms with E-state index < -0.39 is 0 Å². The summed E-state index contributed by atoms with van der Waals surface area (Å²) in [6, 6.07) is 6.82. The predicted molar refractivity (Wildman–Crippen MR) is 93.8 cm³/mol. The van der Waals surface area contributed by atoms with Gasteiger partial charge in [0.25, 0.3) is 0 Å². The maximum absolute atomic E-state index is 9.83. The summed E-state index contributed by atoms with van der Waals surface area (Å²) in [5, 5.41) is 19.4. The van der Waals surface area contributed by atoms with Crippen molar-refractivity contribution in [3.8, 4) is 5.75 Å². The molecule has 0 atom stereocenters. The molecule has 0 aromatic heterocycles. The summed E-state index contributed by atoms with van der Waals surface area (Å²) in [6.07, 6.45) is 2.73. The maximum atomic E-state index is 9.83. The molecule has 1 heterocycles. The van der Waals surface area contributed by atoms with Crippen LogP contribution in [0.2, 0.25) is 0 Å². The minimum Gasteiger partial charge on any atom is -0.507 e. The smallest absolute Gasteiger partial charge is 0.124 e. The molecule has 1 fully saturated rings. The van der Waals surface area contributed by atoms with Crippen molar-refractivity contribution >= 4 is 5.70 Å². The molecule has 0 radical (unpaired) electrons. The quantitative estimate of drug-likeness (QED) is 0.535. The fraction of sp³-hybridized carbons (Fsp3) is 0.412. The van der Waals surface area contributed by atoms with E-state index in [0.29, 0.717) is 42.9 Å². The van der Waals surface area contributed by atoms with Gasteiger partial charge in [-0.05, 0) is 31.1 Å². The molecule has 1 aliphatic heterocycles. The SMILES string of the molecule is CC.NC(N)=C(/C=C(\N)c1ccccc1O)N1CCC(O)CC1. The number of phenolic OH excluding ortho intramolecular Hbond substituents is 1. The van der Waals surface area contributed by atoms with Gasteiger partial charge in [0.05, 0.1) is 11.8 Å². The normalized spacial score (nSPS) is 15.6. The molecule has 2 rings (SSSR count). The molecule has 0 aliphatic carbocycles. The molecule has 1 aromatic carbocycles. The number of benzene rings is 1. The molecule has 23 heavy (non-hydrogen) atoms. The Bertz CT molecular complexity index is 557. The Balaban J connectivity index is 0.00000127. The number of aliphatic hydroxyl groups is 1. The molecule has 0 bridgehead atoms. The van der Waals surface area contributed by atoms with Crippen molar-refractivity contribution in [2.24, 2.45) is 17.2 Å². The standard InChI is InChI=1S/C15H22N4O2.C2H6/c16-12(11-3-1-2-4-14(11)21)9-13(15(17)18)19-7-5-10(20)6-8-19;1-2/h1-4,9-10,20-21H,5-8,16-18H2;1-2H3/b12-9-;. The molecule has 1 aromatic rings. The summed E-state index contributed by atoms with van der Waals surface area (Å²) in [5.74, 6) is 0.278. The maximum Gasteiger partial charge on any atom is 0.124 e. The zero-order valence-corrected chi connectivity index (χ0v) is 13.9. The molecular formula is C17H28N4O2. The Morgan fingerprint density at radius 3 is 2.22 bits per heavy atom. The Hall–Kier alpha value is -2.34. The summed E-state index contributed by atoms with van der Waals surface area (Å²) in [4.78, 5) is 1.99. The second-order valence-corrected chi connectivity index (χ2v) is 5.18. The molecule has 0 amide bonds. The molecule has 0 spiro atoms. The van der Waals surface area contributed by atoms with E-state index in [2.05, 4.69) is 0 Å². The Morgan fingerprint density at radius 2 is 1.70 bits per heavy atom. The summed E-state index contributed by atoms with van der Waals surface area (Å²) < 4.78 is 0. The number of para-hydroxylation sites is 1. The van der Waals surface area contributed by atoms with Crippen LogP contribution in [0, 0.1) is 0 Å². The van der Waals surface area contributed by atoms with Crippen LogP contribution in [0.15, 0.2) is 41.9 Å². The first-order valence-corrected chi connectivity index (χ1v) is 7.93. The van der Waals surface area contributed by atoms with Crippen molar-refractivity contribution in [2.75, 3.05) is 13.1 Å². The van der Waals surface area contributed by atoms with Crippen LogP contribution in [0.4, 0.5) is 0 Å². The zero-order chi connectivity index (χ0) is 17.4. The molecule has 0 saturated carbocycles. The first kappa shape index (κ1) is 18.7. The van der Waals surface area contributed by atoms with Crippen molar-refractivity contribution in [1.82, 2.24) is 4.90 Å². The van der Waals surface area contributed by atoms with E-state index >= 15 is 0 Å². The van der Waals surface area contributed by atoms with Gasteiger partial charge in [-0.3, -0.25) is 0 Å². The number of rotatable bonds is 3. The van der Waals surface area contributed by atoms with Crippen molar-refractivity contribution < 1.29 is 10.2 Å². The van der Waals surface area contributed by atoms with Crippen molar-refractivity contribution in [3.63, 3.8) is 0 Å². The van der Waals surface area contributed by atoms with E-state index in [9.17, 15) is 10.2 Å². The lowest BCUT2D eigenvalue weighted by molar-refractivity contribution is 0.0981. The summed E-state index contributed by atoms with van der Waals surface area (Å²) in [6.45, 7) is 5.33. The van der Waals surface area contributed by atoms with Crippen LogP contribution in [-0.2, 0) is 0 Å². The molecule has 1 aliphatic rings. The van der Waals surface area contributed by atoms with Crippen LogP contribution >= 0.6 is 0 Å². The lowest BCUT2D eigenvalue weighted by atomic mass is 10.1. The van der Waals surface area contributed by atoms with Crippen LogP contribution in [0.3, 0.4) is 0 Å². The second-order valence-electron chi connectivity index (χ2n) is 5.18. The minimum absolute atomic E-state index is 0.107. The highest BCUT2D eigenvalue weighted by Gasteiger charge is 2.19. The first-order chi connectivity index (χ1) is 11.0. The average molecular weight is 320 g/mol. The predicted octanol–water partition coefficient (Wildman–Crippen LogP) is 1.26. The van der Waals surface area contributed by atoms with Gasteiger partial charge >= 0.3 is 0 Å². The summed E-state index contributed by atoms with van der Waals surface area (Å²) in [5.41, 5.74) is 19.1. The van der Waals surface area contributed by atoms with E-state index in [0.717, 1.165) is 0 Å². The van der Waals surface area contributed by atoms with E-state index in [1.165, 1.54) is 0 Å². The number of likely N-dealkylation sites (tertiary alicyclic amines) is 1. The van der Waals surface area contributed by atoms with Crippen LogP contribution in [0.25, 0.3) is 5.70 Å². The van der Waals surface area contributed by atoms with Gasteiger partial charge in [-0.15, -0.1) is 0 Å². The van der Waals surface area contributed by atoms with Gasteiger partial charge < -0.3 is 32.3 Å². The largest absolute Gasteiger partial charge is 0.507 e. The Labute approximate surface area is 137 Å². The van der Waals surface area contributed by atoms with E-state index in [-0.39, 0.29) is 17.7 Å². The fourth-order valence-electron chi connectivity index (χ4n) is 2.41. The molecular weight excluding hydrogens is 292 g/mol. The van der Waals surface area contributed by atoms with E-state index in [1.54, 1.807) is 30.3 Å². The molecule has 128 valence electrons. The number of phenols is 1. The number of aromatic hydroxyl groups is 1. The molecule has 0 unspecified atom stereocenters. The van der Waals surface area contributed by atoms with Gasteiger partial charge in [-0.25, -0.2) is 0 Å². The lowest BCUT2D eigenvalue weighted by Gasteiger charge is -2.32. The van der Waals surface area contributed by atoms with Crippen LogP contribution in [-0.4, -0.2) is 34.3 Å². The number of nitrogens with two attached hydrogens (primary N) is 3. The lowest BCUT2D eigenvalue weighted by Crippen LogP contribution is -2.37. The van der Waals surface area contributed by atoms with Crippen molar-refractivity contribution in [1.29, 1.82) is 0 Å². The third-order valence-electron chi connectivity index (χ3n) is 3.61. The van der Waals surface area contributed by atoms with Crippen LogP contribution in [0.5, 0.6) is 5.75 Å². The zero-order valence-electron chi connectivity index (χ0n) is 13.9. The van der Waals surface area contributed by atoms with E-state index in [1.807, 2.05) is 18.7 Å². The number of allylic oxidation sites excluding steroid dienone is 1. The highest BCUT2D eigenvalue weighted by Crippen LogP contribution is 2.24. The molecule has 6 nitrogen and oxygen atoms in total. The van der Waals surface area contributed by atoms with Gasteiger partial charge in [-0.2, -0.15) is 0 Å². The van der Waals surface area contributed by atoms with Crippen LogP contribution < -0.4 is 17.2 Å². The third-order valence-corrected chi connectivity index (χ3v) is 3.61. The number of nitrogens with zero attached hydrogens (tertiary/aromatic N) is 1. The van der Waals surface area contributed by atoms with Gasteiger partial charge in [0.2, 0.25) is 0 Å². The van der Waals surface area contributed by atoms with Crippen molar-refractivity contribution in [2.45, 2.75) is 32.8 Å². The van der Waals surface area contributed by atoms with Crippen molar-refractivity contribution in [3.05, 3.63) is 47.4 Å². The Morgan fingerprint density at radius 1 is 1.13 bits per heavy atom. The van der Waals surface area contributed by atoms with Gasteiger partial charge in [0.1, 0.15) is 11.6 Å². The van der Waals surface area contributed by atoms with Crippen LogP contribution in [0.1, 0.15) is 32.3 Å². The number of hydrogen-bond acceptors (Lipinski definition) is 6. The van der Waals surface area contributed by atoms with Gasteiger partial charge in [-0.1, -0.05) is 26.0 Å². The molecule has 6 heteroatoms. The number of hydrogen-bond donors (Lipinski definition) is 5. The topological polar surface area (TPSA) is 122 Å². The minimum atomic E-state index is -0.277. The Kier molecular flexibility index (Phi) is 7.28. The van der Waals surface area contributed by atoms with Gasteiger partial charge in [0.15, 0.2) is 0 Å². The highest BCUT2D eigenvalue weighted by molar-refractivity contribution is 5.69. The summed E-state index contributed by atoms with van der Waals surface area (Å²) in [7, 11) is 0. The average Bonchev–Trinajstić information content (AvgIpc) is 2.55. The van der Waals surface area contributed by atoms with Gasteiger partial charge in [0, 0.05) is 24.4 Å². The second kappa shape index (κ2) is 8.95. The highest BCUT2D eigenvalue weighted by atomic mass is 16.3. The number of aliphatic hydroxyl groups excluding tert-OH is 1. The first-order valence-electron chi connectivity index (χ1n) is 7.93. The molecule has 1 saturated heterocycles. The third kappa shape index (κ3) is 5.10. The summed E-state index contributed by atoms with van der Waals surface area (Å²) >= 11 is 0. The number of piperidine rings is 1. The molecule has 8 N–H and O–H groups in total. The fourth-order valence-corrected chi connectivity index (χ4v) is 2.41. The van der Waals surface area contributed by atoms with E-state index in [4.69, 9.17) is 17.2 Å².